The molecule has 0 aliphatic heterocycles. The van der Waals surface area contributed by atoms with Crippen LogP contribution in [0.1, 0.15) is 0 Å². The molecule has 0 saturated heterocycles. The smallest absolute Gasteiger partial charge is 0.201 e. The minimum absolute atomic E-state index is 0.477. The molecule has 0 aliphatic carbocycles. The summed E-state index contributed by atoms with van der Waals surface area (Å²) in [6, 6.07) is 7.51. The predicted octanol–water partition coefficient (Wildman–Crippen LogP) is 2.17. The quantitative estimate of drug-likeness (QED) is 0.786. The van der Waals surface area contributed by atoms with E-state index >= 15 is 0 Å². The number of aryl methyl sites for hydroxylation is 2. The Morgan fingerprint density at radius 1 is 1.22 bits per heavy atom. The number of nitrogens with two attached hydrogens (primary N) is 1. The maximum Gasteiger partial charge on any atom is 0.201 e. The number of fused-ring (bicyclic) bond motifs is 1. The maximum atomic E-state index is 6.20. The normalized spacial score (nSPS) is 11.2. The van der Waals surface area contributed by atoms with E-state index in [9.17, 15) is 0 Å². The summed E-state index contributed by atoms with van der Waals surface area (Å²) in [4.78, 5) is 4.30. The van der Waals surface area contributed by atoms with Crippen LogP contribution in [0.2, 0.25) is 5.02 Å². The van der Waals surface area contributed by atoms with E-state index in [0.717, 1.165) is 17.6 Å². The molecule has 0 amide bonds. The Balaban J connectivity index is 1.98. The third-order valence-corrected chi connectivity index (χ3v) is 3.16. The van der Waals surface area contributed by atoms with Gasteiger partial charge in [0.1, 0.15) is 0 Å². The molecule has 0 spiro atoms. The molecule has 0 bridgehead atoms. The predicted molar refractivity (Wildman–Crippen MR) is 71.4 cm³/mol. The van der Waals surface area contributed by atoms with E-state index in [4.69, 9.17) is 17.3 Å². The molecule has 2 N–H and O–H groups in total. The summed E-state index contributed by atoms with van der Waals surface area (Å²) < 4.78 is 3.77. The molecule has 2 heterocycles. The van der Waals surface area contributed by atoms with Crippen molar-refractivity contribution in [3.05, 3.63) is 41.7 Å². The van der Waals surface area contributed by atoms with Gasteiger partial charge in [0.2, 0.25) is 5.95 Å². The number of imidazole rings is 1. The summed E-state index contributed by atoms with van der Waals surface area (Å²) in [6.45, 7) is 1.42. The van der Waals surface area contributed by atoms with E-state index < -0.39 is 0 Å². The van der Waals surface area contributed by atoms with Gasteiger partial charge in [-0.15, -0.1) is 0 Å². The number of anilines is 1. The number of rotatable bonds is 3. The number of hydrogen-bond acceptors (Lipinski definition) is 3. The standard InChI is InChI=1S/C12H12ClN5/c13-9-3-1-4-10-11(9)18(12(14)16-10)8-7-17-6-2-5-15-17/h1-6H,7-8H2,(H2,14,16). The topological polar surface area (TPSA) is 61.7 Å². The zero-order valence-electron chi connectivity index (χ0n) is 9.62. The van der Waals surface area contributed by atoms with Crippen LogP contribution in [0.4, 0.5) is 5.95 Å². The number of hydrogen-bond donors (Lipinski definition) is 1. The molecule has 0 atom stereocenters. The first-order chi connectivity index (χ1) is 8.75. The van der Waals surface area contributed by atoms with Crippen LogP contribution in [-0.2, 0) is 13.1 Å². The molecule has 0 saturated carbocycles. The largest absolute Gasteiger partial charge is 0.369 e. The molecule has 6 heteroatoms. The van der Waals surface area contributed by atoms with Gasteiger partial charge in [-0.1, -0.05) is 17.7 Å². The zero-order chi connectivity index (χ0) is 12.5. The zero-order valence-corrected chi connectivity index (χ0v) is 10.4. The van der Waals surface area contributed by atoms with Crippen molar-refractivity contribution in [3.8, 4) is 0 Å². The number of halogens is 1. The van der Waals surface area contributed by atoms with Gasteiger partial charge in [0, 0.05) is 18.9 Å². The summed E-state index contributed by atoms with van der Waals surface area (Å²) in [6.07, 6.45) is 3.67. The van der Waals surface area contributed by atoms with Gasteiger partial charge in [-0.3, -0.25) is 4.68 Å². The summed E-state index contributed by atoms with van der Waals surface area (Å²) in [5.41, 5.74) is 7.62. The Morgan fingerprint density at radius 2 is 2.11 bits per heavy atom. The monoisotopic (exact) mass is 261 g/mol. The van der Waals surface area contributed by atoms with Crippen LogP contribution < -0.4 is 5.73 Å². The highest BCUT2D eigenvalue weighted by molar-refractivity contribution is 6.35. The fourth-order valence-corrected chi connectivity index (χ4v) is 2.29. The molecule has 3 rings (SSSR count). The lowest BCUT2D eigenvalue weighted by molar-refractivity contribution is 0.545. The van der Waals surface area contributed by atoms with E-state index in [1.54, 1.807) is 6.20 Å². The van der Waals surface area contributed by atoms with Crippen LogP contribution in [0.15, 0.2) is 36.7 Å². The summed E-state index contributed by atoms with van der Waals surface area (Å²) in [7, 11) is 0. The molecule has 0 unspecified atom stereocenters. The number of nitrogen functional groups attached to an aromatic ring is 1. The lowest BCUT2D eigenvalue weighted by Crippen LogP contribution is -2.10. The Kier molecular flexibility index (Phi) is 2.68. The number of para-hydroxylation sites is 1. The average Bonchev–Trinajstić information content (AvgIpc) is 2.94. The number of benzene rings is 1. The van der Waals surface area contributed by atoms with Crippen LogP contribution in [0.25, 0.3) is 11.0 Å². The molecular weight excluding hydrogens is 250 g/mol. The molecule has 2 aromatic heterocycles. The lowest BCUT2D eigenvalue weighted by atomic mass is 10.3. The Morgan fingerprint density at radius 3 is 2.89 bits per heavy atom. The number of aromatic nitrogens is 4. The van der Waals surface area contributed by atoms with Gasteiger partial charge in [-0.25, -0.2) is 4.98 Å². The highest BCUT2D eigenvalue weighted by Gasteiger charge is 2.10. The molecule has 0 aliphatic rings. The first-order valence-electron chi connectivity index (χ1n) is 5.63. The van der Waals surface area contributed by atoms with E-state index in [-0.39, 0.29) is 0 Å². The van der Waals surface area contributed by atoms with Gasteiger partial charge in [0.15, 0.2) is 0 Å². The van der Waals surface area contributed by atoms with Crippen molar-refractivity contribution in [1.29, 1.82) is 0 Å². The number of nitrogens with zero attached hydrogens (tertiary/aromatic N) is 4. The van der Waals surface area contributed by atoms with Crippen molar-refractivity contribution < 1.29 is 0 Å². The van der Waals surface area contributed by atoms with Crippen molar-refractivity contribution in [1.82, 2.24) is 19.3 Å². The fourth-order valence-electron chi connectivity index (χ4n) is 2.02. The fraction of sp³-hybridized carbons (Fsp3) is 0.167. The van der Waals surface area contributed by atoms with Gasteiger partial charge in [-0.2, -0.15) is 5.10 Å². The first kappa shape index (κ1) is 11.1. The summed E-state index contributed by atoms with van der Waals surface area (Å²) in [5, 5.41) is 4.82. The first-order valence-corrected chi connectivity index (χ1v) is 6.01. The molecular formula is C12H12ClN5. The van der Waals surface area contributed by atoms with Gasteiger partial charge in [0.05, 0.1) is 22.6 Å². The molecule has 1 aromatic carbocycles. The third kappa shape index (κ3) is 1.82. The third-order valence-electron chi connectivity index (χ3n) is 2.86. The minimum atomic E-state index is 0.477. The van der Waals surface area contributed by atoms with Gasteiger partial charge < -0.3 is 10.3 Å². The van der Waals surface area contributed by atoms with Crippen molar-refractivity contribution in [2.24, 2.45) is 0 Å². The van der Waals surface area contributed by atoms with E-state index in [2.05, 4.69) is 10.1 Å². The Bertz CT molecular complexity index is 671. The van der Waals surface area contributed by atoms with Crippen LogP contribution in [-0.4, -0.2) is 19.3 Å². The van der Waals surface area contributed by atoms with Crippen LogP contribution in [0.3, 0.4) is 0 Å². The van der Waals surface area contributed by atoms with Crippen LogP contribution in [0.5, 0.6) is 0 Å². The molecule has 18 heavy (non-hydrogen) atoms. The maximum absolute atomic E-state index is 6.20. The second-order valence-corrected chi connectivity index (χ2v) is 4.41. The van der Waals surface area contributed by atoms with Crippen molar-refractivity contribution in [2.75, 3.05) is 5.73 Å². The molecule has 3 aromatic rings. The van der Waals surface area contributed by atoms with Gasteiger partial charge in [-0.05, 0) is 18.2 Å². The second-order valence-electron chi connectivity index (χ2n) is 4.00. The van der Waals surface area contributed by atoms with Crippen LogP contribution in [0, 0.1) is 0 Å². The van der Waals surface area contributed by atoms with E-state index in [0.29, 0.717) is 17.5 Å². The summed E-state index contributed by atoms with van der Waals surface area (Å²) in [5.74, 6) is 0.477. The van der Waals surface area contributed by atoms with Gasteiger partial charge in [0.25, 0.3) is 0 Å². The molecule has 0 radical (unpaired) electrons. The van der Waals surface area contributed by atoms with E-state index in [1.807, 2.05) is 39.7 Å². The van der Waals surface area contributed by atoms with Crippen molar-refractivity contribution >= 4 is 28.6 Å². The molecule has 5 nitrogen and oxygen atoms in total. The van der Waals surface area contributed by atoms with E-state index in [1.165, 1.54) is 0 Å². The Hall–Kier alpha value is -2.01. The average molecular weight is 262 g/mol. The molecule has 92 valence electrons. The SMILES string of the molecule is Nc1nc2cccc(Cl)c2n1CCn1cccn1. The second kappa shape index (κ2) is 4.34. The lowest BCUT2D eigenvalue weighted by Gasteiger charge is -2.07. The van der Waals surface area contributed by atoms with Crippen molar-refractivity contribution in [2.45, 2.75) is 13.1 Å². The Labute approximate surface area is 109 Å². The minimum Gasteiger partial charge on any atom is -0.369 e. The highest BCUT2D eigenvalue weighted by atomic mass is 35.5. The van der Waals surface area contributed by atoms with Crippen LogP contribution >= 0.6 is 11.6 Å². The van der Waals surface area contributed by atoms with Gasteiger partial charge >= 0.3 is 0 Å². The highest BCUT2D eigenvalue weighted by Crippen LogP contribution is 2.25. The molecule has 0 fully saturated rings. The van der Waals surface area contributed by atoms with Crippen molar-refractivity contribution in [3.63, 3.8) is 0 Å². The summed E-state index contributed by atoms with van der Waals surface area (Å²) >= 11 is 6.20.